The Morgan fingerprint density at radius 1 is 1.48 bits per heavy atom. The minimum absolute atomic E-state index is 0.0577. The van der Waals surface area contributed by atoms with Crippen LogP contribution in [0.25, 0.3) is 0 Å². The largest absolute Gasteiger partial charge is 0.481 e. The molecule has 0 bridgehead atoms. The number of carbonyl (C=O) groups excluding carboxylic acids is 1. The van der Waals surface area contributed by atoms with Crippen molar-refractivity contribution in [1.29, 1.82) is 0 Å². The molecule has 1 aliphatic rings. The predicted molar refractivity (Wildman–Crippen MR) is 78.7 cm³/mol. The molecule has 1 amide bonds. The summed E-state index contributed by atoms with van der Waals surface area (Å²) >= 11 is 11.8. The molecule has 2 atom stereocenters. The van der Waals surface area contributed by atoms with Crippen LogP contribution < -0.4 is 5.32 Å². The van der Waals surface area contributed by atoms with Gasteiger partial charge in [-0.1, -0.05) is 29.3 Å². The third kappa shape index (κ3) is 3.48. The molecule has 0 aromatic heterocycles. The van der Waals surface area contributed by atoms with Crippen LogP contribution in [0.4, 0.5) is 0 Å². The zero-order chi connectivity index (χ0) is 15.6. The van der Waals surface area contributed by atoms with E-state index in [1.165, 1.54) is 0 Å². The number of carboxylic acids is 1. The molecule has 114 valence electrons. The van der Waals surface area contributed by atoms with Gasteiger partial charge in [-0.05, 0) is 24.6 Å². The van der Waals surface area contributed by atoms with E-state index < -0.39 is 17.4 Å². The quantitative estimate of drug-likeness (QED) is 0.886. The van der Waals surface area contributed by atoms with Gasteiger partial charge in [-0.2, -0.15) is 0 Å². The molecular weight excluding hydrogens is 317 g/mol. The van der Waals surface area contributed by atoms with E-state index in [2.05, 4.69) is 5.32 Å². The molecule has 2 rings (SSSR count). The SMILES string of the molecule is CC1(C(=O)O)COCC1NC(=O)Cc1ccc(Cl)cc1Cl. The minimum Gasteiger partial charge on any atom is -0.481 e. The molecule has 0 spiro atoms. The standard InChI is InChI=1S/C14H15Cl2NO4/c1-14(13(19)20)7-21-6-11(14)17-12(18)4-8-2-3-9(15)5-10(8)16/h2-3,5,11H,4,6-7H2,1H3,(H,17,18)(H,19,20). The Hall–Kier alpha value is -1.30. The van der Waals surface area contributed by atoms with Crippen molar-refractivity contribution in [3.8, 4) is 0 Å². The molecule has 7 heteroatoms. The summed E-state index contributed by atoms with van der Waals surface area (Å²) in [5.74, 6) is -1.29. The van der Waals surface area contributed by atoms with E-state index in [0.717, 1.165) is 0 Å². The van der Waals surface area contributed by atoms with Gasteiger partial charge in [0.25, 0.3) is 0 Å². The van der Waals surface area contributed by atoms with Crippen molar-refractivity contribution in [3.05, 3.63) is 33.8 Å². The van der Waals surface area contributed by atoms with Crippen LogP contribution in [0.1, 0.15) is 12.5 Å². The molecule has 1 aromatic rings. The first-order chi connectivity index (χ1) is 9.83. The number of hydrogen-bond donors (Lipinski definition) is 2. The zero-order valence-electron chi connectivity index (χ0n) is 11.4. The van der Waals surface area contributed by atoms with E-state index in [-0.39, 0.29) is 25.5 Å². The van der Waals surface area contributed by atoms with E-state index in [1.54, 1.807) is 25.1 Å². The summed E-state index contributed by atoms with van der Waals surface area (Å²) in [6, 6.07) is 4.32. The molecular formula is C14H15Cl2NO4. The van der Waals surface area contributed by atoms with Crippen LogP contribution in [-0.2, 0) is 20.7 Å². The fourth-order valence-corrected chi connectivity index (χ4v) is 2.64. The van der Waals surface area contributed by atoms with Gasteiger partial charge in [-0.15, -0.1) is 0 Å². The zero-order valence-corrected chi connectivity index (χ0v) is 12.9. The minimum atomic E-state index is -1.11. The number of carboxylic acid groups (broad SMARTS) is 1. The van der Waals surface area contributed by atoms with Gasteiger partial charge in [0, 0.05) is 10.0 Å². The highest BCUT2D eigenvalue weighted by atomic mass is 35.5. The Kier molecular flexibility index (Phi) is 4.76. The van der Waals surface area contributed by atoms with E-state index >= 15 is 0 Å². The number of ether oxygens (including phenoxy) is 1. The van der Waals surface area contributed by atoms with Crippen LogP contribution in [0, 0.1) is 5.41 Å². The van der Waals surface area contributed by atoms with Crippen molar-refractivity contribution in [2.75, 3.05) is 13.2 Å². The van der Waals surface area contributed by atoms with Crippen molar-refractivity contribution < 1.29 is 19.4 Å². The number of carbonyl (C=O) groups is 2. The second kappa shape index (κ2) is 6.22. The van der Waals surface area contributed by atoms with Crippen LogP contribution in [0.5, 0.6) is 0 Å². The van der Waals surface area contributed by atoms with Crippen molar-refractivity contribution >= 4 is 35.1 Å². The third-order valence-corrected chi connectivity index (χ3v) is 4.23. The lowest BCUT2D eigenvalue weighted by Crippen LogP contribution is -2.50. The maximum absolute atomic E-state index is 12.1. The van der Waals surface area contributed by atoms with Crippen LogP contribution in [-0.4, -0.2) is 36.2 Å². The molecule has 21 heavy (non-hydrogen) atoms. The molecule has 1 heterocycles. The van der Waals surface area contributed by atoms with Gasteiger partial charge in [-0.25, -0.2) is 0 Å². The summed E-state index contributed by atoms with van der Waals surface area (Å²) in [7, 11) is 0. The van der Waals surface area contributed by atoms with Crippen molar-refractivity contribution in [2.45, 2.75) is 19.4 Å². The number of hydrogen-bond acceptors (Lipinski definition) is 3. The highest BCUT2D eigenvalue weighted by Gasteiger charge is 2.47. The maximum Gasteiger partial charge on any atom is 0.313 e. The summed E-state index contributed by atoms with van der Waals surface area (Å²) in [6.07, 6.45) is 0.0577. The highest BCUT2D eigenvalue weighted by molar-refractivity contribution is 6.35. The Balaban J connectivity index is 2.03. The van der Waals surface area contributed by atoms with Crippen LogP contribution in [0.15, 0.2) is 18.2 Å². The van der Waals surface area contributed by atoms with Gasteiger partial charge < -0.3 is 15.2 Å². The smallest absolute Gasteiger partial charge is 0.313 e. The van der Waals surface area contributed by atoms with Crippen molar-refractivity contribution in [1.82, 2.24) is 5.32 Å². The maximum atomic E-state index is 12.1. The average Bonchev–Trinajstić information content (AvgIpc) is 2.76. The summed E-state index contributed by atoms with van der Waals surface area (Å²) in [5.41, 5.74) is -0.478. The molecule has 1 aromatic carbocycles. The third-order valence-electron chi connectivity index (χ3n) is 3.65. The normalized spacial score (nSPS) is 24.8. The first-order valence-corrected chi connectivity index (χ1v) is 7.13. The van der Waals surface area contributed by atoms with Crippen molar-refractivity contribution in [2.24, 2.45) is 5.41 Å². The lowest BCUT2D eigenvalue weighted by molar-refractivity contribution is -0.149. The summed E-state index contributed by atoms with van der Waals surface area (Å²) in [5, 5.41) is 12.9. The van der Waals surface area contributed by atoms with E-state index in [1.807, 2.05) is 0 Å². The number of nitrogens with one attached hydrogen (secondary N) is 1. The Bertz CT molecular complexity index is 578. The topological polar surface area (TPSA) is 75.6 Å². The molecule has 2 unspecified atom stereocenters. The average molecular weight is 332 g/mol. The molecule has 5 nitrogen and oxygen atoms in total. The second-order valence-corrected chi connectivity index (χ2v) is 6.11. The van der Waals surface area contributed by atoms with Gasteiger partial charge in [0.05, 0.1) is 25.7 Å². The van der Waals surface area contributed by atoms with Gasteiger partial charge in [0.1, 0.15) is 5.41 Å². The number of aliphatic carboxylic acids is 1. The number of halogens is 2. The summed E-state index contributed by atoms with van der Waals surface area (Å²) in [6.45, 7) is 1.82. The monoisotopic (exact) mass is 331 g/mol. The van der Waals surface area contributed by atoms with Gasteiger partial charge in [0.2, 0.25) is 5.91 Å². The van der Waals surface area contributed by atoms with Crippen molar-refractivity contribution in [3.63, 3.8) is 0 Å². The Morgan fingerprint density at radius 2 is 2.19 bits per heavy atom. The van der Waals surface area contributed by atoms with E-state index in [0.29, 0.717) is 15.6 Å². The Labute approximate surface area is 132 Å². The van der Waals surface area contributed by atoms with Crippen LogP contribution >= 0.6 is 23.2 Å². The number of benzene rings is 1. The molecule has 0 aliphatic carbocycles. The molecule has 1 saturated heterocycles. The summed E-state index contributed by atoms with van der Waals surface area (Å²) < 4.78 is 5.19. The fraction of sp³-hybridized carbons (Fsp3) is 0.429. The van der Waals surface area contributed by atoms with Gasteiger partial charge in [-0.3, -0.25) is 9.59 Å². The van der Waals surface area contributed by atoms with E-state index in [9.17, 15) is 14.7 Å². The molecule has 0 saturated carbocycles. The molecule has 0 radical (unpaired) electrons. The van der Waals surface area contributed by atoms with Crippen LogP contribution in [0.3, 0.4) is 0 Å². The van der Waals surface area contributed by atoms with Gasteiger partial charge >= 0.3 is 5.97 Å². The van der Waals surface area contributed by atoms with Gasteiger partial charge in [0.15, 0.2) is 0 Å². The summed E-state index contributed by atoms with van der Waals surface area (Å²) in [4.78, 5) is 23.4. The molecule has 1 aliphatic heterocycles. The predicted octanol–water partition coefficient (Wildman–Crippen LogP) is 2.14. The first kappa shape index (κ1) is 16.1. The lowest BCUT2D eigenvalue weighted by atomic mass is 9.85. The van der Waals surface area contributed by atoms with E-state index in [4.69, 9.17) is 27.9 Å². The lowest BCUT2D eigenvalue weighted by Gasteiger charge is -2.25. The van der Waals surface area contributed by atoms with Crippen LogP contribution in [0.2, 0.25) is 10.0 Å². The first-order valence-electron chi connectivity index (χ1n) is 6.37. The second-order valence-electron chi connectivity index (χ2n) is 5.27. The number of amides is 1. The molecule has 1 fully saturated rings. The molecule has 2 N–H and O–H groups in total. The highest BCUT2D eigenvalue weighted by Crippen LogP contribution is 2.29. The Morgan fingerprint density at radius 3 is 2.81 bits per heavy atom. The fourth-order valence-electron chi connectivity index (χ4n) is 2.17. The number of rotatable bonds is 4.